The van der Waals surface area contributed by atoms with Gasteiger partial charge in [0.1, 0.15) is 0 Å². The molecular formula is C17H20. The summed E-state index contributed by atoms with van der Waals surface area (Å²) < 4.78 is 0. The molecule has 2 aromatic carbocycles. The van der Waals surface area contributed by atoms with Crippen LogP contribution in [0.25, 0.3) is 0 Å². The molecule has 0 aromatic heterocycles. The standard InChI is InChI=1S/C17H20/c1-15(17-13-6-3-7-14-17)9-8-12-16-10-4-2-5-11-16/h2-7,10-11,13-15H,8-9,12H2,1H3/t15-/m0/s1. The minimum absolute atomic E-state index is 0.667. The first kappa shape index (κ1) is 11.9. The second kappa shape index (κ2) is 6.24. The predicted octanol–water partition coefficient (Wildman–Crippen LogP) is 4.81. The van der Waals surface area contributed by atoms with Gasteiger partial charge in [0.15, 0.2) is 0 Å². The lowest BCUT2D eigenvalue weighted by molar-refractivity contribution is 0.633. The summed E-state index contributed by atoms with van der Waals surface area (Å²) in [5.41, 5.74) is 2.91. The summed E-state index contributed by atoms with van der Waals surface area (Å²) >= 11 is 0. The fourth-order valence-electron chi connectivity index (χ4n) is 2.21. The normalized spacial score (nSPS) is 12.3. The highest BCUT2D eigenvalue weighted by atomic mass is 14.1. The van der Waals surface area contributed by atoms with Crippen molar-refractivity contribution in [3.8, 4) is 0 Å². The monoisotopic (exact) mass is 224 g/mol. The van der Waals surface area contributed by atoms with Gasteiger partial charge in [-0.25, -0.2) is 0 Å². The van der Waals surface area contributed by atoms with Crippen LogP contribution in [-0.4, -0.2) is 0 Å². The van der Waals surface area contributed by atoms with Gasteiger partial charge in [-0.1, -0.05) is 67.6 Å². The molecule has 88 valence electrons. The number of hydrogen-bond acceptors (Lipinski definition) is 0. The topological polar surface area (TPSA) is 0 Å². The number of benzene rings is 2. The van der Waals surface area contributed by atoms with Crippen LogP contribution in [-0.2, 0) is 6.42 Å². The summed E-state index contributed by atoms with van der Waals surface area (Å²) in [5.74, 6) is 0.667. The van der Waals surface area contributed by atoms with Crippen LogP contribution in [0.2, 0.25) is 0 Å². The van der Waals surface area contributed by atoms with E-state index in [0.29, 0.717) is 5.92 Å². The molecule has 0 heteroatoms. The smallest absolute Gasteiger partial charge is 0.0190 e. The molecule has 0 radical (unpaired) electrons. The number of hydrogen-bond donors (Lipinski definition) is 0. The summed E-state index contributed by atoms with van der Waals surface area (Å²) in [5, 5.41) is 0. The molecular weight excluding hydrogens is 204 g/mol. The van der Waals surface area contributed by atoms with Crippen molar-refractivity contribution in [2.75, 3.05) is 0 Å². The Morgan fingerprint density at radius 1 is 0.824 bits per heavy atom. The van der Waals surface area contributed by atoms with Crippen LogP contribution in [0, 0.1) is 0 Å². The molecule has 0 aliphatic heterocycles. The van der Waals surface area contributed by atoms with Crippen LogP contribution in [0.4, 0.5) is 0 Å². The lowest BCUT2D eigenvalue weighted by atomic mass is 9.94. The van der Waals surface area contributed by atoms with E-state index in [4.69, 9.17) is 0 Å². The second-order valence-corrected chi connectivity index (χ2v) is 4.69. The maximum atomic E-state index is 2.32. The van der Waals surface area contributed by atoms with Gasteiger partial charge in [0, 0.05) is 0 Å². The van der Waals surface area contributed by atoms with E-state index in [9.17, 15) is 0 Å². The summed E-state index contributed by atoms with van der Waals surface area (Å²) in [6.45, 7) is 2.32. The van der Waals surface area contributed by atoms with Gasteiger partial charge in [0.2, 0.25) is 0 Å². The van der Waals surface area contributed by atoms with Crippen LogP contribution >= 0.6 is 0 Å². The second-order valence-electron chi connectivity index (χ2n) is 4.69. The molecule has 0 unspecified atom stereocenters. The molecule has 0 aliphatic carbocycles. The molecule has 0 aliphatic rings. The molecule has 0 saturated carbocycles. The van der Waals surface area contributed by atoms with Crippen LogP contribution in [0.1, 0.15) is 36.8 Å². The molecule has 0 heterocycles. The third-order valence-electron chi connectivity index (χ3n) is 3.31. The van der Waals surface area contributed by atoms with Gasteiger partial charge in [-0.2, -0.15) is 0 Å². The number of aryl methyl sites for hydroxylation is 1. The fraction of sp³-hybridized carbons (Fsp3) is 0.294. The highest BCUT2D eigenvalue weighted by Gasteiger charge is 2.04. The molecule has 1 atom stereocenters. The molecule has 0 nitrogen and oxygen atoms in total. The van der Waals surface area contributed by atoms with Crippen molar-refractivity contribution in [1.29, 1.82) is 0 Å². The van der Waals surface area contributed by atoms with E-state index in [-0.39, 0.29) is 0 Å². The minimum Gasteiger partial charge on any atom is -0.0622 e. The lowest BCUT2D eigenvalue weighted by Gasteiger charge is -2.11. The third-order valence-corrected chi connectivity index (χ3v) is 3.31. The Kier molecular flexibility index (Phi) is 4.37. The molecule has 2 rings (SSSR count). The molecule has 2 aromatic rings. The van der Waals surface area contributed by atoms with Gasteiger partial charge >= 0.3 is 0 Å². The molecule has 0 bridgehead atoms. The van der Waals surface area contributed by atoms with Crippen molar-refractivity contribution in [1.82, 2.24) is 0 Å². The molecule has 0 amide bonds. The van der Waals surface area contributed by atoms with E-state index in [0.717, 1.165) is 0 Å². The van der Waals surface area contributed by atoms with Crippen molar-refractivity contribution in [2.24, 2.45) is 0 Å². The maximum absolute atomic E-state index is 2.32. The Bertz CT molecular complexity index is 416. The van der Waals surface area contributed by atoms with Crippen LogP contribution in [0.15, 0.2) is 60.7 Å². The highest BCUT2D eigenvalue weighted by Crippen LogP contribution is 2.21. The van der Waals surface area contributed by atoms with Gasteiger partial charge in [0.05, 0.1) is 0 Å². The van der Waals surface area contributed by atoms with Crippen molar-refractivity contribution in [3.05, 3.63) is 71.8 Å². The summed E-state index contributed by atoms with van der Waals surface area (Å²) in [4.78, 5) is 0. The summed E-state index contributed by atoms with van der Waals surface area (Å²) in [6, 6.07) is 21.6. The van der Waals surface area contributed by atoms with Gasteiger partial charge in [-0.05, 0) is 36.3 Å². The zero-order valence-corrected chi connectivity index (χ0v) is 10.5. The average molecular weight is 224 g/mol. The third kappa shape index (κ3) is 3.74. The van der Waals surface area contributed by atoms with Gasteiger partial charge in [0.25, 0.3) is 0 Å². The maximum Gasteiger partial charge on any atom is -0.0190 e. The van der Waals surface area contributed by atoms with Gasteiger partial charge < -0.3 is 0 Å². The quantitative estimate of drug-likeness (QED) is 0.683. The molecule has 0 spiro atoms. The van der Waals surface area contributed by atoms with E-state index >= 15 is 0 Å². The van der Waals surface area contributed by atoms with Crippen molar-refractivity contribution >= 4 is 0 Å². The fourth-order valence-corrected chi connectivity index (χ4v) is 2.21. The molecule has 0 saturated heterocycles. The van der Waals surface area contributed by atoms with E-state index in [2.05, 4.69) is 67.6 Å². The largest absolute Gasteiger partial charge is 0.0622 e. The van der Waals surface area contributed by atoms with Crippen molar-refractivity contribution < 1.29 is 0 Å². The van der Waals surface area contributed by atoms with E-state index in [1.165, 1.54) is 30.4 Å². The van der Waals surface area contributed by atoms with E-state index in [1.807, 2.05) is 0 Å². The summed E-state index contributed by atoms with van der Waals surface area (Å²) in [7, 11) is 0. The zero-order valence-electron chi connectivity index (χ0n) is 10.5. The highest BCUT2D eigenvalue weighted by molar-refractivity contribution is 5.19. The van der Waals surface area contributed by atoms with E-state index < -0.39 is 0 Å². The first-order chi connectivity index (χ1) is 8.36. The molecule has 0 fully saturated rings. The van der Waals surface area contributed by atoms with Crippen molar-refractivity contribution in [3.63, 3.8) is 0 Å². The SMILES string of the molecule is C[C@@H](CCCc1ccccc1)c1ccccc1. The average Bonchev–Trinajstić information content (AvgIpc) is 2.41. The Morgan fingerprint density at radius 2 is 1.41 bits per heavy atom. The Hall–Kier alpha value is -1.56. The van der Waals surface area contributed by atoms with Crippen LogP contribution < -0.4 is 0 Å². The van der Waals surface area contributed by atoms with Gasteiger partial charge in [-0.15, -0.1) is 0 Å². The number of rotatable bonds is 5. The first-order valence-electron chi connectivity index (χ1n) is 6.45. The van der Waals surface area contributed by atoms with Crippen LogP contribution in [0.3, 0.4) is 0 Å². The van der Waals surface area contributed by atoms with Gasteiger partial charge in [-0.3, -0.25) is 0 Å². The van der Waals surface area contributed by atoms with Crippen molar-refractivity contribution in [2.45, 2.75) is 32.1 Å². The predicted molar refractivity (Wildman–Crippen MR) is 74.2 cm³/mol. The molecule has 17 heavy (non-hydrogen) atoms. The first-order valence-corrected chi connectivity index (χ1v) is 6.45. The minimum atomic E-state index is 0.667. The summed E-state index contributed by atoms with van der Waals surface area (Å²) in [6.07, 6.45) is 3.72. The molecule has 0 N–H and O–H groups in total. The Balaban J connectivity index is 1.79. The van der Waals surface area contributed by atoms with E-state index in [1.54, 1.807) is 0 Å². The Labute approximate surface area is 104 Å². The lowest BCUT2D eigenvalue weighted by Crippen LogP contribution is -1.94. The Morgan fingerprint density at radius 3 is 2.06 bits per heavy atom. The van der Waals surface area contributed by atoms with Crippen LogP contribution in [0.5, 0.6) is 0 Å². The zero-order chi connectivity index (χ0) is 11.9.